The molecule has 0 heterocycles. The summed E-state index contributed by atoms with van der Waals surface area (Å²) in [7, 11) is 0. The van der Waals surface area contributed by atoms with Gasteiger partial charge in [0.15, 0.2) is 0 Å². The summed E-state index contributed by atoms with van der Waals surface area (Å²) < 4.78 is 0. The highest BCUT2D eigenvalue weighted by molar-refractivity contribution is 7.59. The molecule has 1 N–H and O–H groups in total. The van der Waals surface area contributed by atoms with Gasteiger partial charge in [-0.1, -0.05) is 6.92 Å². The van der Waals surface area contributed by atoms with E-state index in [1.54, 1.807) is 6.92 Å². The highest BCUT2D eigenvalue weighted by Crippen LogP contribution is 2.02. The van der Waals surface area contributed by atoms with E-state index >= 15 is 0 Å². The van der Waals surface area contributed by atoms with E-state index < -0.39 is 11.9 Å². The van der Waals surface area contributed by atoms with Crippen LogP contribution in [-0.2, 0) is 9.59 Å². The number of ketones is 1. The molecule has 0 aliphatic carbocycles. The maximum Gasteiger partial charge on any atom is 0.314 e. The Kier molecular flexibility index (Phi) is 6.45. The summed E-state index contributed by atoms with van der Waals surface area (Å²) in [5.74, 6) is -2.10. The summed E-state index contributed by atoms with van der Waals surface area (Å²) in [5, 5.41) is 8.32. The predicted octanol–water partition coefficient (Wildman–Crippen LogP) is 0.799. The lowest BCUT2D eigenvalue weighted by Gasteiger charge is -2.01. The van der Waals surface area contributed by atoms with Gasteiger partial charge in [0, 0.05) is 0 Å². The smallest absolute Gasteiger partial charge is 0.314 e. The van der Waals surface area contributed by atoms with Gasteiger partial charge < -0.3 is 5.11 Å². The zero-order valence-electron chi connectivity index (χ0n) is 6.05. The molecule has 0 bridgehead atoms. The molecule has 0 saturated carbocycles. The molecule has 0 saturated heterocycles. The van der Waals surface area contributed by atoms with Crippen LogP contribution in [0.1, 0.15) is 20.3 Å². The summed E-state index contributed by atoms with van der Waals surface area (Å²) in [6.07, 6.45) is 0.380. The number of carboxylic acids is 1. The van der Waals surface area contributed by atoms with E-state index in [0.717, 1.165) is 0 Å². The molecule has 10 heavy (non-hydrogen) atoms. The minimum absolute atomic E-state index is 0. The Morgan fingerprint density at radius 1 is 1.50 bits per heavy atom. The largest absolute Gasteiger partial charge is 0.481 e. The summed E-state index contributed by atoms with van der Waals surface area (Å²) in [6, 6.07) is 0. The zero-order chi connectivity index (χ0) is 7.44. The van der Waals surface area contributed by atoms with Gasteiger partial charge >= 0.3 is 5.97 Å². The number of carbonyl (C=O) groups excluding carboxylic acids is 1. The molecule has 1 atom stereocenters. The van der Waals surface area contributed by atoms with Crippen LogP contribution in [-0.4, -0.2) is 16.9 Å². The van der Waals surface area contributed by atoms with E-state index in [4.69, 9.17) is 5.11 Å². The van der Waals surface area contributed by atoms with Crippen molar-refractivity contribution in [1.82, 2.24) is 0 Å². The quantitative estimate of drug-likeness (QED) is 0.628. The number of carboxylic acid groups (broad SMARTS) is 1. The fourth-order valence-corrected chi connectivity index (χ4v) is 0.636. The molecular weight excluding hydrogens is 152 g/mol. The van der Waals surface area contributed by atoms with Crippen LogP contribution in [0.15, 0.2) is 0 Å². The predicted molar refractivity (Wildman–Crippen MR) is 42.5 cm³/mol. The van der Waals surface area contributed by atoms with Crippen LogP contribution < -0.4 is 0 Å². The molecule has 0 spiro atoms. The average molecular weight is 164 g/mol. The van der Waals surface area contributed by atoms with Crippen LogP contribution >= 0.6 is 13.5 Å². The van der Waals surface area contributed by atoms with Crippen LogP contribution in [0.25, 0.3) is 0 Å². The number of carbonyl (C=O) groups is 2. The summed E-state index contributed by atoms with van der Waals surface area (Å²) in [4.78, 5) is 20.6. The third-order valence-electron chi connectivity index (χ3n) is 1.20. The Hall–Kier alpha value is -0.510. The van der Waals surface area contributed by atoms with E-state index in [0.29, 0.717) is 6.42 Å². The number of hydrogen-bond acceptors (Lipinski definition) is 2. The van der Waals surface area contributed by atoms with Gasteiger partial charge in [0.2, 0.25) is 0 Å². The van der Waals surface area contributed by atoms with E-state index in [9.17, 15) is 9.59 Å². The van der Waals surface area contributed by atoms with E-state index in [1.807, 2.05) is 0 Å². The zero-order valence-corrected chi connectivity index (χ0v) is 7.05. The van der Waals surface area contributed by atoms with Crippen LogP contribution in [0.2, 0.25) is 0 Å². The maximum atomic E-state index is 10.4. The van der Waals surface area contributed by atoms with Crippen LogP contribution in [0.4, 0.5) is 0 Å². The lowest BCUT2D eigenvalue weighted by molar-refractivity contribution is -0.145. The molecule has 0 aliphatic heterocycles. The SMILES string of the molecule is CCC(C(C)=O)C(=O)O.S. The third-order valence-corrected chi connectivity index (χ3v) is 1.20. The first-order chi connectivity index (χ1) is 4.09. The molecule has 0 aliphatic rings. The molecule has 0 aromatic carbocycles. The monoisotopic (exact) mass is 164 g/mol. The summed E-state index contributed by atoms with van der Waals surface area (Å²) in [5.41, 5.74) is 0. The second-order valence-electron chi connectivity index (χ2n) is 1.91. The van der Waals surface area contributed by atoms with Crippen LogP contribution in [0, 0.1) is 5.92 Å². The van der Waals surface area contributed by atoms with Crippen molar-refractivity contribution >= 4 is 25.2 Å². The van der Waals surface area contributed by atoms with Gasteiger partial charge in [-0.25, -0.2) is 0 Å². The lowest BCUT2D eigenvalue weighted by Crippen LogP contribution is -2.19. The molecule has 0 fully saturated rings. The van der Waals surface area contributed by atoms with Crippen molar-refractivity contribution in [1.29, 1.82) is 0 Å². The first-order valence-corrected chi connectivity index (χ1v) is 2.82. The molecular formula is C6H12O3S. The normalized spacial score (nSPS) is 11.4. The Labute approximate surface area is 66.9 Å². The first-order valence-electron chi connectivity index (χ1n) is 2.82. The average Bonchev–Trinajstić information content (AvgIpc) is 1.64. The number of Topliss-reactive ketones (excluding diaryl/α,β-unsaturated/α-hetero) is 1. The topological polar surface area (TPSA) is 54.4 Å². The molecule has 0 aromatic rings. The van der Waals surface area contributed by atoms with Gasteiger partial charge in [0.05, 0.1) is 0 Å². The fourth-order valence-electron chi connectivity index (χ4n) is 0.636. The van der Waals surface area contributed by atoms with Crippen LogP contribution in [0.5, 0.6) is 0 Å². The van der Waals surface area contributed by atoms with E-state index in [-0.39, 0.29) is 19.3 Å². The van der Waals surface area contributed by atoms with Gasteiger partial charge in [-0.05, 0) is 13.3 Å². The highest BCUT2D eigenvalue weighted by atomic mass is 32.1. The number of rotatable bonds is 3. The van der Waals surface area contributed by atoms with Crippen molar-refractivity contribution in [2.75, 3.05) is 0 Å². The molecule has 0 aromatic heterocycles. The van der Waals surface area contributed by atoms with Gasteiger partial charge in [0.25, 0.3) is 0 Å². The Bertz CT molecular complexity index is 119. The molecule has 0 amide bonds. The Morgan fingerprint density at radius 3 is 1.90 bits per heavy atom. The Balaban J connectivity index is 0. The molecule has 3 nitrogen and oxygen atoms in total. The first kappa shape index (κ1) is 12.2. The standard InChI is InChI=1S/C6H10O3.H2S/c1-3-5(4(2)7)6(8)9;/h5H,3H2,1-2H3,(H,8,9);1H2. The minimum Gasteiger partial charge on any atom is -0.481 e. The minimum atomic E-state index is -1.02. The second kappa shape index (κ2) is 5.29. The van der Waals surface area contributed by atoms with Crippen molar-refractivity contribution in [3.05, 3.63) is 0 Å². The number of aliphatic carboxylic acids is 1. The van der Waals surface area contributed by atoms with Crippen molar-refractivity contribution in [3.8, 4) is 0 Å². The fraction of sp³-hybridized carbons (Fsp3) is 0.667. The second-order valence-corrected chi connectivity index (χ2v) is 1.91. The van der Waals surface area contributed by atoms with Gasteiger partial charge in [0.1, 0.15) is 11.7 Å². The van der Waals surface area contributed by atoms with Crippen molar-refractivity contribution < 1.29 is 14.7 Å². The Morgan fingerprint density at radius 2 is 1.90 bits per heavy atom. The number of hydrogen-bond donors (Lipinski definition) is 1. The van der Waals surface area contributed by atoms with Gasteiger partial charge in [-0.15, -0.1) is 0 Å². The molecule has 1 unspecified atom stereocenters. The van der Waals surface area contributed by atoms with Crippen LogP contribution in [0.3, 0.4) is 0 Å². The van der Waals surface area contributed by atoms with Crippen molar-refractivity contribution in [2.24, 2.45) is 5.92 Å². The molecule has 60 valence electrons. The van der Waals surface area contributed by atoms with Crippen molar-refractivity contribution in [2.45, 2.75) is 20.3 Å². The summed E-state index contributed by atoms with van der Waals surface area (Å²) in [6.45, 7) is 2.97. The maximum absolute atomic E-state index is 10.4. The lowest BCUT2D eigenvalue weighted by atomic mass is 10.0. The van der Waals surface area contributed by atoms with Crippen molar-refractivity contribution in [3.63, 3.8) is 0 Å². The third kappa shape index (κ3) is 3.50. The van der Waals surface area contributed by atoms with E-state index in [1.165, 1.54) is 6.92 Å². The summed E-state index contributed by atoms with van der Waals surface area (Å²) >= 11 is 0. The molecule has 0 rings (SSSR count). The van der Waals surface area contributed by atoms with Gasteiger partial charge in [-0.2, -0.15) is 13.5 Å². The van der Waals surface area contributed by atoms with Gasteiger partial charge in [-0.3, -0.25) is 9.59 Å². The highest BCUT2D eigenvalue weighted by Gasteiger charge is 2.19. The molecule has 0 radical (unpaired) electrons. The van der Waals surface area contributed by atoms with E-state index in [2.05, 4.69) is 0 Å². The molecule has 4 heteroatoms.